The fraction of sp³-hybridized carbons (Fsp3) is 0.222. The largest absolute Gasteiger partial charge is 0.476 e. The number of aromatic carboxylic acids is 1. The highest BCUT2D eigenvalue weighted by Crippen LogP contribution is 2.18. The highest BCUT2D eigenvalue weighted by atomic mass is 32.2. The fourth-order valence-corrected chi connectivity index (χ4v) is 4.12. The molecule has 0 aromatic carbocycles. The maximum atomic E-state index is 11.9. The first-order chi connectivity index (χ1) is 8.88. The van der Waals surface area contributed by atoms with E-state index in [9.17, 15) is 13.2 Å². The zero-order valence-corrected chi connectivity index (χ0v) is 12.1. The number of hydrogen-bond donors (Lipinski definition) is 2. The van der Waals surface area contributed by atoms with E-state index in [1.54, 1.807) is 6.92 Å². The van der Waals surface area contributed by atoms with E-state index in [4.69, 9.17) is 5.11 Å². The summed E-state index contributed by atoms with van der Waals surface area (Å²) in [5.74, 6) is -1.14. The molecule has 0 aliphatic carbocycles. The normalized spacial score (nSPS) is 11.6. The molecule has 0 saturated heterocycles. The van der Waals surface area contributed by atoms with E-state index < -0.39 is 16.0 Å². The van der Waals surface area contributed by atoms with Crippen LogP contribution in [0.15, 0.2) is 15.8 Å². The highest BCUT2D eigenvalue weighted by Gasteiger charge is 2.18. The van der Waals surface area contributed by atoms with Gasteiger partial charge in [0.05, 0.1) is 17.7 Å². The van der Waals surface area contributed by atoms with Gasteiger partial charge in [0, 0.05) is 5.38 Å². The van der Waals surface area contributed by atoms with E-state index in [0.29, 0.717) is 10.0 Å². The summed E-state index contributed by atoms with van der Waals surface area (Å²) in [5.41, 5.74) is -0.0900. The highest BCUT2D eigenvalue weighted by molar-refractivity contribution is 7.91. The van der Waals surface area contributed by atoms with Gasteiger partial charge in [-0.05, 0) is 6.92 Å². The van der Waals surface area contributed by atoms with E-state index in [1.807, 2.05) is 0 Å². The number of nitrogens with one attached hydrogen (secondary N) is 1. The summed E-state index contributed by atoms with van der Waals surface area (Å²) in [6.07, 6.45) is 1.28. The van der Waals surface area contributed by atoms with Gasteiger partial charge < -0.3 is 5.11 Å². The average molecular weight is 319 g/mol. The fourth-order valence-electron chi connectivity index (χ4n) is 1.18. The van der Waals surface area contributed by atoms with Crippen molar-refractivity contribution in [2.24, 2.45) is 0 Å². The van der Waals surface area contributed by atoms with Gasteiger partial charge in [-0.2, -0.15) is 0 Å². The molecule has 2 rings (SSSR count). The number of carboxylic acid groups (broad SMARTS) is 1. The Balaban J connectivity index is 2.07. The zero-order valence-electron chi connectivity index (χ0n) is 9.65. The second kappa shape index (κ2) is 5.33. The van der Waals surface area contributed by atoms with Crippen molar-refractivity contribution in [3.8, 4) is 0 Å². The number of aromatic nitrogens is 2. The topological polar surface area (TPSA) is 109 Å². The van der Waals surface area contributed by atoms with Crippen molar-refractivity contribution in [3.05, 3.63) is 27.3 Å². The maximum absolute atomic E-state index is 11.9. The van der Waals surface area contributed by atoms with Crippen LogP contribution in [0.1, 0.15) is 20.5 Å². The van der Waals surface area contributed by atoms with E-state index in [1.165, 1.54) is 11.6 Å². The molecule has 102 valence electrons. The van der Waals surface area contributed by atoms with Crippen molar-refractivity contribution in [1.29, 1.82) is 0 Å². The Hall–Kier alpha value is -1.36. The summed E-state index contributed by atoms with van der Waals surface area (Å²) in [6, 6.07) is 0. The molecule has 7 nitrogen and oxygen atoms in total. The van der Waals surface area contributed by atoms with Crippen LogP contribution >= 0.6 is 22.7 Å². The Morgan fingerprint density at radius 1 is 1.53 bits per heavy atom. The van der Waals surface area contributed by atoms with Crippen LogP contribution < -0.4 is 4.72 Å². The third-order valence-corrected chi connectivity index (χ3v) is 5.67. The molecule has 2 aromatic rings. The van der Waals surface area contributed by atoms with Crippen LogP contribution in [0.4, 0.5) is 0 Å². The molecule has 0 fully saturated rings. The lowest BCUT2D eigenvalue weighted by molar-refractivity contribution is 0.0691. The number of thiazole rings is 2. The quantitative estimate of drug-likeness (QED) is 0.853. The number of nitrogens with zero attached hydrogens (tertiary/aromatic N) is 2. The minimum atomic E-state index is -3.62. The molecule has 0 aliphatic rings. The molecule has 0 bridgehead atoms. The minimum Gasteiger partial charge on any atom is -0.476 e. The lowest BCUT2D eigenvalue weighted by Crippen LogP contribution is -2.22. The molecule has 0 spiro atoms. The Morgan fingerprint density at radius 2 is 2.26 bits per heavy atom. The van der Waals surface area contributed by atoms with Crippen LogP contribution in [-0.4, -0.2) is 29.5 Å². The van der Waals surface area contributed by atoms with E-state index in [-0.39, 0.29) is 16.4 Å². The van der Waals surface area contributed by atoms with E-state index in [2.05, 4.69) is 14.7 Å². The molecule has 10 heteroatoms. The molecule has 0 amide bonds. The van der Waals surface area contributed by atoms with Crippen LogP contribution in [0.2, 0.25) is 0 Å². The summed E-state index contributed by atoms with van der Waals surface area (Å²) >= 11 is 2.16. The lowest BCUT2D eigenvalue weighted by atomic mass is 10.5. The molecule has 0 atom stereocenters. The third kappa shape index (κ3) is 3.35. The van der Waals surface area contributed by atoms with Crippen LogP contribution in [0.3, 0.4) is 0 Å². The Labute approximate surface area is 117 Å². The van der Waals surface area contributed by atoms with Gasteiger partial charge in [0.1, 0.15) is 5.01 Å². The zero-order chi connectivity index (χ0) is 14.0. The first-order valence-corrected chi connectivity index (χ1v) is 8.16. The van der Waals surface area contributed by atoms with E-state index in [0.717, 1.165) is 22.7 Å². The Morgan fingerprint density at radius 3 is 2.79 bits per heavy atom. The van der Waals surface area contributed by atoms with Crippen LogP contribution in [0.25, 0.3) is 0 Å². The standard InChI is InChI=1S/C9H9N3O4S3/c1-5-10-3-8(18-5)19(15,16)11-2-7-12-6(4-17-7)9(13)14/h3-4,11H,2H2,1H3,(H,13,14). The van der Waals surface area contributed by atoms with Crippen molar-refractivity contribution < 1.29 is 18.3 Å². The van der Waals surface area contributed by atoms with Crippen molar-refractivity contribution in [2.45, 2.75) is 17.7 Å². The summed E-state index contributed by atoms with van der Waals surface area (Å²) in [7, 11) is -3.62. The van der Waals surface area contributed by atoms with Crippen LogP contribution in [-0.2, 0) is 16.6 Å². The van der Waals surface area contributed by atoms with Gasteiger partial charge in [-0.1, -0.05) is 0 Å². The molecule has 2 aromatic heterocycles. The number of carbonyl (C=O) groups is 1. The second-order valence-electron chi connectivity index (χ2n) is 3.45. The average Bonchev–Trinajstić information content (AvgIpc) is 2.95. The second-order valence-corrected chi connectivity index (χ2v) is 7.63. The first kappa shape index (κ1) is 14.1. The molecule has 19 heavy (non-hydrogen) atoms. The van der Waals surface area contributed by atoms with Gasteiger partial charge in [0.25, 0.3) is 10.0 Å². The number of hydrogen-bond acceptors (Lipinski definition) is 7. The van der Waals surface area contributed by atoms with Gasteiger partial charge in [-0.15, -0.1) is 22.7 Å². The van der Waals surface area contributed by atoms with Gasteiger partial charge >= 0.3 is 5.97 Å². The molecule has 2 heterocycles. The monoisotopic (exact) mass is 319 g/mol. The van der Waals surface area contributed by atoms with Crippen molar-refractivity contribution >= 4 is 38.7 Å². The van der Waals surface area contributed by atoms with Crippen molar-refractivity contribution in [3.63, 3.8) is 0 Å². The molecule has 0 saturated carbocycles. The smallest absolute Gasteiger partial charge is 0.355 e. The summed E-state index contributed by atoms with van der Waals surface area (Å²) in [4.78, 5) is 18.3. The number of sulfonamides is 1. The number of aryl methyl sites for hydroxylation is 1. The molecule has 0 aliphatic heterocycles. The van der Waals surface area contributed by atoms with Crippen LogP contribution in [0.5, 0.6) is 0 Å². The molecule has 0 unspecified atom stereocenters. The third-order valence-electron chi connectivity index (χ3n) is 2.05. The summed E-state index contributed by atoms with van der Waals surface area (Å²) in [5, 5.41) is 11.1. The van der Waals surface area contributed by atoms with Gasteiger partial charge in [-0.3, -0.25) is 0 Å². The molecule has 0 radical (unpaired) electrons. The maximum Gasteiger partial charge on any atom is 0.355 e. The Bertz CT molecular complexity index is 704. The Kier molecular flexibility index (Phi) is 3.94. The van der Waals surface area contributed by atoms with Gasteiger partial charge in [-0.25, -0.2) is 27.9 Å². The summed E-state index contributed by atoms with van der Waals surface area (Å²) in [6.45, 7) is 1.67. The van der Waals surface area contributed by atoms with Crippen LogP contribution in [0, 0.1) is 6.92 Å². The first-order valence-electron chi connectivity index (χ1n) is 4.98. The van der Waals surface area contributed by atoms with Crippen molar-refractivity contribution in [2.75, 3.05) is 0 Å². The molecular formula is C9H9N3O4S3. The number of carboxylic acids is 1. The predicted octanol–water partition coefficient (Wildman–Crippen LogP) is 1.08. The molecule has 2 N–H and O–H groups in total. The SMILES string of the molecule is Cc1ncc(S(=O)(=O)NCc2nc(C(=O)O)cs2)s1. The minimum absolute atomic E-state index is 0.0444. The van der Waals surface area contributed by atoms with Gasteiger partial charge in [0.2, 0.25) is 0 Å². The summed E-state index contributed by atoms with van der Waals surface area (Å²) < 4.78 is 26.2. The molecular weight excluding hydrogens is 310 g/mol. The van der Waals surface area contributed by atoms with E-state index >= 15 is 0 Å². The predicted molar refractivity (Wildman–Crippen MR) is 69.9 cm³/mol. The lowest BCUT2D eigenvalue weighted by Gasteiger charge is -2.01. The van der Waals surface area contributed by atoms with Crippen molar-refractivity contribution in [1.82, 2.24) is 14.7 Å². The van der Waals surface area contributed by atoms with Gasteiger partial charge in [0.15, 0.2) is 9.90 Å². The number of rotatable bonds is 5.